The van der Waals surface area contributed by atoms with E-state index in [1.807, 2.05) is 0 Å². The van der Waals surface area contributed by atoms with Crippen LogP contribution in [-0.4, -0.2) is 51.5 Å². The van der Waals surface area contributed by atoms with E-state index in [0.29, 0.717) is 25.2 Å². The number of rotatable bonds is 1. The van der Waals surface area contributed by atoms with Gasteiger partial charge in [0, 0.05) is 25.2 Å². The zero-order valence-corrected chi connectivity index (χ0v) is 13.0. The summed E-state index contributed by atoms with van der Waals surface area (Å²) in [5.74, 6) is -1.43. The molecule has 0 bridgehead atoms. The molecule has 1 fully saturated rings. The van der Waals surface area contributed by atoms with Crippen LogP contribution in [-0.2, 0) is 4.74 Å². The van der Waals surface area contributed by atoms with E-state index in [2.05, 4.69) is 5.32 Å². The maximum Gasteiger partial charge on any atom is 0.410 e. The summed E-state index contributed by atoms with van der Waals surface area (Å²) in [4.78, 5) is 13.9. The minimum atomic E-state index is -0.619. The second-order valence-electron chi connectivity index (χ2n) is 6.26. The first-order chi connectivity index (χ1) is 10.2. The van der Waals surface area contributed by atoms with Gasteiger partial charge in [-0.1, -0.05) is 0 Å². The van der Waals surface area contributed by atoms with Crippen molar-refractivity contribution < 1.29 is 24.9 Å². The normalized spacial score (nSPS) is 19.0. The first-order valence-corrected chi connectivity index (χ1v) is 7.15. The van der Waals surface area contributed by atoms with E-state index in [1.54, 1.807) is 20.8 Å². The number of aromatic hydroxyl groups is 3. The van der Waals surface area contributed by atoms with Crippen LogP contribution in [0.25, 0.3) is 0 Å². The third kappa shape index (κ3) is 3.36. The van der Waals surface area contributed by atoms with Crippen molar-refractivity contribution in [3.05, 3.63) is 17.7 Å². The van der Waals surface area contributed by atoms with Crippen LogP contribution in [0.2, 0.25) is 0 Å². The quantitative estimate of drug-likeness (QED) is 0.589. The molecule has 4 N–H and O–H groups in total. The average molecular weight is 310 g/mol. The smallest absolute Gasteiger partial charge is 0.410 e. The molecular formula is C15H22N2O5. The molecule has 0 saturated carbocycles. The highest BCUT2D eigenvalue weighted by Crippen LogP contribution is 2.41. The maximum absolute atomic E-state index is 12.3. The molecule has 0 aromatic heterocycles. The molecule has 7 heteroatoms. The lowest BCUT2D eigenvalue weighted by Crippen LogP contribution is -2.50. The number of ether oxygens (including phenoxy) is 1. The standard InChI is InChI=1S/C15H22N2O5/c1-15(2,3)22-14(21)17-7-6-16-8-10(17)9-4-5-11(18)13(20)12(9)19/h4-5,10,16,18-20H,6-8H2,1-3H3. The third-order valence-corrected chi connectivity index (χ3v) is 3.39. The number of amides is 1. The number of phenolic OH excluding ortho intramolecular Hbond substituents is 3. The summed E-state index contributed by atoms with van der Waals surface area (Å²) in [5, 5.41) is 32.3. The summed E-state index contributed by atoms with van der Waals surface area (Å²) in [6.07, 6.45) is -0.481. The zero-order valence-electron chi connectivity index (χ0n) is 13.0. The fourth-order valence-electron chi connectivity index (χ4n) is 2.37. The Kier molecular flexibility index (Phi) is 4.37. The summed E-state index contributed by atoms with van der Waals surface area (Å²) in [6.45, 7) is 6.79. The van der Waals surface area contributed by atoms with Gasteiger partial charge in [-0.15, -0.1) is 0 Å². The van der Waals surface area contributed by atoms with Gasteiger partial charge in [-0.3, -0.25) is 4.90 Å². The van der Waals surface area contributed by atoms with Crippen molar-refractivity contribution in [2.45, 2.75) is 32.4 Å². The van der Waals surface area contributed by atoms with Crippen molar-refractivity contribution in [2.75, 3.05) is 19.6 Å². The van der Waals surface area contributed by atoms with E-state index in [0.717, 1.165) is 0 Å². The summed E-state index contributed by atoms with van der Waals surface area (Å²) in [6, 6.07) is 2.28. The molecule has 122 valence electrons. The molecule has 1 amide bonds. The van der Waals surface area contributed by atoms with Crippen molar-refractivity contribution in [3.63, 3.8) is 0 Å². The van der Waals surface area contributed by atoms with E-state index in [4.69, 9.17) is 4.74 Å². The molecule has 2 rings (SSSR count). The van der Waals surface area contributed by atoms with Crippen molar-refractivity contribution in [1.82, 2.24) is 10.2 Å². The molecule has 1 aromatic carbocycles. The highest BCUT2D eigenvalue weighted by atomic mass is 16.6. The monoisotopic (exact) mass is 310 g/mol. The Morgan fingerprint density at radius 3 is 2.59 bits per heavy atom. The molecular weight excluding hydrogens is 288 g/mol. The lowest BCUT2D eigenvalue weighted by Gasteiger charge is -2.37. The van der Waals surface area contributed by atoms with Crippen LogP contribution in [0, 0.1) is 0 Å². The highest BCUT2D eigenvalue weighted by molar-refractivity contribution is 5.70. The van der Waals surface area contributed by atoms with Gasteiger partial charge in [0.15, 0.2) is 11.5 Å². The fraction of sp³-hybridized carbons (Fsp3) is 0.533. The Morgan fingerprint density at radius 1 is 1.27 bits per heavy atom. The number of carbonyl (C=O) groups excluding carboxylic acids is 1. The first-order valence-electron chi connectivity index (χ1n) is 7.15. The van der Waals surface area contributed by atoms with Crippen LogP contribution >= 0.6 is 0 Å². The van der Waals surface area contributed by atoms with Crippen molar-refractivity contribution in [3.8, 4) is 17.2 Å². The molecule has 7 nitrogen and oxygen atoms in total. The third-order valence-electron chi connectivity index (χ3n) is 3.39. The van der Waals surface area contributed by atoms with Crippen LogP contribution < -0.4 is 5.32 Å². The van der Waals surface area contributed by atoms with E-state index in [9.17, 15) is 20.1 Å². The second-order valence-corrected chi connectivity index (χ2v) is 6.26. The Morgan fingerprint density at radius 2 is 1.95 bits per heavy atom. The molecule has 0 radical (unpaired) electrons. The predicted octanol–water partition coefficient (Wildman–Crippen LogP) is 1.68. The topological polar surface area (TPSA) is 102 Å². The summed E-state index contributed by atoms with van der Waals surface area (Å²) in [7, 11) is 0. The van der Waals surface area contributed by atoms with Crippen LogP contribution in [0.3, 0.4) is 0 Å². The van der Waals surface area contributed by atoms with Gasteiger partial charge < -0.3 is 25.4 Å². The Hall–Kier alpha value is -2.15. The molecule has 1 saturated heterocycles. The minimum Gasteiger partial charge on any atom is -0.504 e. The molecule has 0 aliphatic carbocycles. The molecule has 1 aliphatic heterocycles. The summed E-state index contributed by atoms with van der Waals surface area (Å²) < 4.78 is 5.39. The summed E-state index contributed by atoms with van der Waals surface area (Å²) in [5.41, 5.74) is -0.264. The number of benzene rings is 1. The molecule has 1 aromatic rings. The SMILES string of the molecule is CC(C)(C)OC(=O)N1CCNCC1c1ccc(O)c(O)c1O. The Balaban J connectivity index is 2.31. The number of hydrogen-bond donors (Lipinski definition) is 4. The minimum absolute atomic E-state index is 0.355. The van der Waals surface area contributed by atoms with Crippen LogP contribution in [0.15, 0.2) is 12.1 Å². The number of hydrogen-bond acceptors (Lipinski definition) is 6. The van der Waals surface area contributed by atoms with Gasteiger partial charge in [0.1, 0.15) is 5.60 Å². The number of phenols is 3. The Labute approximate surface area is 129 Å². The van der Waals surface area contributed by atoms with Crippen LogP contribution in [0.1, 0.15) is 32.4 Å². The number of carbonyl (C=O) groups is 1. The van der Waals surface area contributed by atoms with Gasteiger partial charge in [-0.25, -0.2) is 4.79 Å². The largest absolute Gasteiger partial charge is 0.504 e. The maximum atomic E-state index is 12.3. The van der Waals surface area contributed by atoms with Crippen LogP contribution in [0.5, 0.6) is 17.2 Å². The van der Waals surface area contributed by atoms with Crippen molar-refractivity contribution in [2.24, 2.45) is 0 Å². The van der Waals surface area contributed by atoms with E-state index >= 15 is 0 Å². The highest BCUT2D eigenvalue weighted by Gasteiger charge is 2.33. The van der Waals surface area contributed by atoms with Gasteiger partial charge in [0.05, 0.1) is 6.04 Å². The number of nitrogens with one attached hydrogen (secondary N) is 1. The van der Waals surface area contributed by atoms with E-state index in [-0.39, 0.29) is 0 Å². The number of nitrogens with zero attached hydrogens (tertiary/aromatic N) is 1. The molecule has 1 atom stereocenters. The molecule has 1 heterocycles. The predicted molar refractivity (Wildman–Crippen MR) is 80.0 cm³/mol. The van der Waals surface area contributed by atoms with Crippen LogP contribution in [0.4, 0.5) is 4.79 Å². The fourth-order valence-corrected chi connectivity index (χ4v) is 2.37. The molecule has 22 heavy (non-hydrogen) atoms. The summed E-state index contributed by atoms with van der Waals surface area (Å²) >= 11 is 0. The lowest BCUT2D eigenvalue weighted by molar-refractivity contribution is 0.0115. The molecule has 0 spiro atoms. The zero-order chi connectivity index (χ0) is 16.5. The van der Waals surface area contributed by atoms with Gasteiger partial charge in [0.2, 0.25) is 5.75 Å². The lowest BCUT2D eigenvalue weighted by atomic mass is 10.0. The van der Waals surface area contributed by atoms with E-state index < -0.39 is 35.0 Å². The van der Waals surface area contributed by atoms with Gasteiger partial charge >= 0.3 is 6.09 Å². The van der Waals surface area contributed by atoms with E-state index in [1.165, 1.54) is 17.0 Å². The van der Waals surface area contributed by atoms with Gasteiger partial charge in [-0.05, 0) is 32.9 Å². The second kappa shape index (κ2) is 5.92. The van der Waals surface area contributed by atoms with Crippen molar-refractivity contribution >= 4 is 6.09 Å². The van der Waals surface area contributed by atoms with Crippen molar-refractivity contribution in [1.29, 1.82) is 0 Å². The molecule has 1 unspecified atom stereocenters. The van der Waals surface area contributed by atoms with Gasteiger partial charge in [0.25, 0.3) is 0 Å². The number of piperazine rings is 1. The Bertz CT molecular complexity index is 568. The average Bonchev–Trinajstić information content (AvgIpc) is 2.43. The molecule has 1 aliphatic rings. The first kappa shape index (κ1) is 16.2. The van der Waals surface area contributed by atoms with Gasteiger partial charge in [-0.2, -0.15) is 0 Å².